The number of unbranched alkanes of at least 4 members (excludes halogenated alkanes) is 26. The van der Waals surface area contributed by atoms with Crippen molar-refractivity contribution < 1.29 is 19.8 Å². The predicted molar refractivity (Wildman–Crippen MR) is 200 cm³/mol. The van der Waals surface area contributed by atoms with Gasteiger partial charge < -0.3 is 10.2 Å². The van der Waals surface area contributed by atoms with Crippen LogP contribution in [0.2, 0.25) is 0 Å². The van der Waals surface area contributed by atoms with Crippen molar-refractivity contribution in [2.45, 2.75) is 218 Å². The maximum absolute atomic E-state index is 11.9. The highest BCUT2D eigenvalue weighted by molar-refractivity contribution is 8.19. The Kier molecular flexibility index (Phi) is 38.6. The zero-order valence-corrected chi connectivity index (χ0v) is 31.6. The van der Waals surface area contributed by atoms with Gasteiger partial charge in [-0.25, -0.2) is 4.79 Å². The van der Waals surface area contributed by atoms with E-state index in [1.807, 2.05) is 6.92 Å². The molecule has 0 aliphatic rings. The summed E-state index contributed by atoms with van der Waals surface area (Å²) < 4.78 is -0.673. The van der Waals surface area contributed by atoms with Gasteiger partial charge in [-0.15, -0.1) is 23.5 Å². The zero-order valence-electron chi connectivity index (χ0n) is 29.9. The van der Waals surface area contributed by atoms with Crippen LogP contribution in [-0.4, -0.2) is 37.7 Å². The van der Waals surface area contributed by atoms with Crippen molar-refractivity contribution in [3.8, 4) is 0 Å². The summed E-state index contributed by atoms with van der Waals surface area (Å²) in [5.74, 6) is 0.566. The molecule has 0 aromatic rings. The third kappa shape index (κ3) is 36.1. The summed E-state index contributed by atoms with van der Waals surface area (Å²) in [4.78, 5) is 21.3. The molecule has 0 aliphatic heterocycles. The van der Waals surface area contributed by atoms with Crippen LogP contribution < -0.4 is 0 Å². The van der Waals surface area contributed by atoms with Crippen molar-refractivity contribution in [3.05, 3.63) is 0 Å². The second kappa shape index (κ2) is 37.1. The van der Waals surface area contributed by atoms with E-state index in [-0.39, 0.29) is 6.42 Å². The Morgan fingerprint density at radius 2 is 0.636 bits per heavy atom. The standard InChI is InChI=1S/C35H70O2S2.C3H6O2/c1-4-6-8-10-12-14-16-18-19-20-21-23-25-27-29-31-33-39-35(3,34(36)37)38-32-30-28-26-24-22-17-15-13-11-9-7-5-2;1-2-3(4)5/h4-33H2,1-3H3,(H,36,37);2H2,1H3,(H,4,5). The summed E-state index contributed by atoms with van der Waals surface area (Å²) in [5, 5.41) is 17.5. The quantitative estimate of drug-likeness (QED) is 0.0528. The fraction of sp³-hybridized carbons (Fsp3) is 0.947. The molecule has 0 saturated heterocycles. The SMILES string of the molecule is CCC(=O)O.CCCCCCCCCCCCCCCCCCSC(C)(SCCCCCCCCCCCCCC)C(=O)O. The van der Waals surface area contributed by atoms with Crippen LogP contribution >= 0.6 is 23.5 Å². The number of hydrogen-bond acceptors (Lipinski definition) is 4. The Morgan fingerprint density at radius 3 is 0.818 bits per heavy atom. The van der Waals surface area contributed by atoms with E-state index in [0.717, 1.165) is 24.3 Å². The predicted octanol–water partition coefficient (Wildman–Crippen LogP) is 13.7. The lowest BCUT2D eigenvalue weighted by Crippen LogP contribution is -2.28. The van der Waals surface area contributed by atoms with Crippen molar-refractivity contribution >= 4 is 35.5 Å². The highest BCUT2D eigenvalue weighted by Gasteiger charge is 2.33. The van der Waals surface area contributed by atoms with Gasteiger partial charge in [-0.05, 0) is 31.3 Å². The Morgan fingerprint density at radius 1 is 0.432 bits per heavy atom. The van der Waals surface area contributed by atoms with Crippen LogP contribution in [0.1, 0.15) is 214 Å². The molecule has 0 aliphatic carbocycles. The Labute approximate surface area is 283 Å². The first-order chi connectivity index (χ1) is 21.3. The van der Waals surface area contributed by atoms with Gasteiger partial charge in [-0.2, -0.15) is 0 Å². The molecular weight excluding hydrogens is 585 g/mol. The molecular formula is C38H76O4S2. The second-order valence-corrected chi connectivity index (χ2v) is 16.2. The van der Waals surface area contributed by atoms with Crippen molar-refractivity contribution in [3.63, 3.8) is 0 Å². The van der Waals surface area contributed by atoms with Crippen LogP contribution in [-0.2, 0) is 9.59 Å². The van der Waals surface area contributed by atoms with Crippen molar-refractivity contribution in [1.29, 1.82) is 0 Å². The zero-order chi connectivity index (χ0) is 33.0. The largest absolute Gasteiger partial charge is 0.481 e. The molecule has 0 amide bonds. The first-order valence-electron chi connectivity index (χ1n) is 19.1. The van der Waals surface area contributed by atoms with Crippen LogP contribution in [0.3, 0.4) is 0 Å². The minimum atomic E-state index is -0.745. The number of aliphatic carboxylic acids is 2. The molecule has 6 heteroatoms. The molecule has 2 N–H and O–H groups in total. The van der Waals surface area contributed by atoms with Crippen molar-refractivity contribution in [2.24, 2.45) is 0 Å². The summed E-state index contributed by atoms with van der Waals surface area (Å²) in [6, 6.07) is 0. The maximum atomic E-state index is 11.9. The van der Waals surface area contributed by atoms with Crippen LogP contribution in [0.5, 0.6) is 0 Å². The summed E-state index contributed by atoms with van der Waals surface area (Å²) in [6.45, 7) is 8.10. The lowest BCUT2D eigenvalue weighted by Gasteiger charge is -2.23. The maximum Gasteiger partial charge on any atom is 0.329 e. The summed E-state index contributed by atoms with van der Waals surface area (Å²) in [5.41, 5.74) is 0. The van der Waals surface area contributed by atoms with Gasteiger partial charge in [0.15, 0.2) is 4.08 Å². The van der Waals surface area contributed by atoms with Gasteiger partial charge >= 0.3 is 11.9 Å². The number of rotatable bonds is 34. The molecule has 0 heterocycles. The van der Waals surface area contributed by atoms with E-state index >= 15 is 0 Å². The molecule has 264 valence electrons. The number of carbonyl (C=O) groups is 2. The number of thioether (sulfide) groups is 2. The first kappa shape index (κ1) is 45.8. The second-order valence-electron chi connectivity index (χ2n) is 12.9. The van der Waals surface area contributed by atoms with E-state index in [4.69, 9.17) is 5.11 Å². The molecule has 1 unspecified atom stereocenters. The van der Waals surface area contributed by atoms with Gasteiger partial charge in [0, 0.05) is 6.42 Å². The van der Waals surface area contributed by atoms with Crippen LogP contribution in [0.25, 0.3) is 0 Å². The molecule has 0 aromatic heterocycles. The molecule has 44 heavy (non-hydrogen) atoms. The molecule has 0 rings (SSSR count). The van der Waals surface area contributed by atoms with Crippen LogP contribution in [0.4, 0.5) is 0 Å². The lowest BCUT2D eigenvalue weighted by atomic mass is 10.0. The van der Waals surface area contributed by atoms with E-state index < -0.39 is 16.0 Å². The Bertz CT molecular complexity index is 601. The van der Waals surface area contributed by atoms with Gasteiger partial charge in [-0.1, -0.05) is 188 Å². The molecule has 0 bridgehead atoms. The van der Waals surface area contributed by atoms with Gasteiger partial charge in [0.2, 0.25) is 0 Å². The molecule has 0 radical (unpaired) electrons. The van der Waals surface area contributed by atoms with E-state index in [1.54, 1.807) is 30.4 Å². The normalized spacial score (nSPS) is 12.5. The van der Waals surface area contributed by atoms with E-state index in [0.29, 0.717) is 0 Å². The van der Waals surface area contributed by atoms with E-state index in [1.165, 1.54) is 167 Å². The molecule has 0 spiro atoms. The molecule has 1 atom stereocenters. The summed E-state index contributed by atoms with van der Waals surface area (Å²) >= 11 is 3.33. The van der Waals surface area contributed by atoms with Crippen molar-refractivity contribution in [1.82, 2.24) is 0 Å². The fourth-order valence-electron chi connectivity index (χ4n) is 5.29. The summed E-state index contributed by atoms with van der Waals surface area (Å²) in [7, 11) is 0. The third-order valence-corrected chi connectivity index (χ3v) is 11.6. The smallest absolute Gasteiger partial charge is 0.329 e. The van der Waals surface area contributed by atoms with Crippen LogP contribution in [0, 0.1) is 0 Å². The molecule has 0 saturated carbocycles. The first-order valence-corrected chi connectivity index (χ1v) is 21.0. The minimum Gasteiger partial charge on any atom is -0.481 e. The molecule has 0 aromatic carbocycles. The van der Waals surface area contributed by atoms with Gasteiger partial charge in [0.25, 0.3) is 0 Å². The van der Waals surface area contributed by atoms with Gasteiger partial charge in [0.05, 0.1) is 0 Å². The number of hydrogen-bond donors (Lipinski definition) is 2. The third-order valence-electron chi connectivity index (χ3n) is 8.44. The van der Waals surface area contributed by atoms with Gasteiger partial charge in [-0.3, -0.25) is 4.79 Å². The van der Waals surface area contributed by atoms with E-state index in [2.05, 4.69) is 13.8 Å². The average Bonchev–Trinajstić information content (AvgIpc) is 3.01. The van der Waals surface area contributed by atoms with Gasteiger partial charge in [0.1, 0.15) is 0 Å². The van der Waals surface area contributed by atoms with Crippen molar-refractivity contribution in [2.75, 3.05) is 11.5 Å². The monoisotopic (exact) mass is 661 g/mol. The Balaban J connectivity index is 0. The number of carboxylic acid groups (broad SMARTS) is 2. The lowest BCUT2D eigenvalue weighted by molar-refractivity contribution is -0.137. The number of carboxylic acids is 2. The highest BCUT2D eigenvalue weighted by atomic mass is 32.2. The Hall–Kier alpha value is -0.360. The molecule has 0 fully saturated rings. The average molecular weight is 661 g/mol. The minimum absolute atomic E-state index is 0.222. The highest BCUT2D eigenvalue weighted by Crippen LogP contribution is 2.38. The fourth-order valence-corrected chi connectivity index (χ4v) is 7.85. The summed E-state index contributed by atoms with van der Waals surface area (Å²) in [6.07, 6.45) is 38.6. The van der Waals surface area contributed by atoms with Crippen LogP contribution in [0.15, 0.2) is 0 Å². The van der Waals surface area contributed by atoms with E-state index in [9.17, 15) is 14.7 Å². The molecule has 4 nitrogen and oxygen atoms in total. The topological polar surface area (TPSA) is 74.6 Å².